The molecule has 2 aliphatic heterocycles. The van der Waals surface area contributed by atoms with Crippen LogP contribution in [0.15, 0.2) is 24.5 Å². The number of likely N-dealkylation sites (N-methyl/N-ethyl adjacent to an activating group) is 2. The van der Waals surface area contributed by atoms with E-state index in [0.717, 1.165) is 19.6 Å². The molecule has 0 aromatic carbocycles. The number of rotatable bonds is 6. The van der Waals surface area contributed by atoms with Gasteiger partial charge in [0.05, 0.1) is 0 Å². The minimum absolute atomic E-state index is 0.00485. The fraction of sp³-hybridized carbons (Fsp3) is 0.632. The highest BCUT2D eigenvalue weighted by Crippen LogP contribution is 2.37. The van der Waals surface area contributed by atoms with Crippen LogP contribution in [0.4, 0.5) is 4.79 Å². The highest BCUT2D eigenvalue weighted by molar-refractivity contribution is 6.07. The van der Waals surface area contributed by atoms with Crippen molar-refractivity contribution in [1.29, 1.82) is 0 Å². The summed E-state index contributed by atoms with van der Waals surface area (Å²) in [4.78, 5) is 37.6. The van der Waals surface area contributed by atoms with Crippen LogP contribution in [-0.2, 0) is 11.3 Å². The normalized spacial score (nSPS) is 20.6. The zero-order valence-corrected chi connectivity index (χ0v) is 16.0. The third kappa shape index (κ3) is 3.46. The van der Waals surface area contributed by atoms with E-state index >= 15 is 0 Å². The predicted molar refractivity (Wildman–Crippen MR) is 99.5 cm³/mol. The van der Waals surface area contributed by atoms with Gasteiger partial charge in [-0.3, -0.25) is 19.6 Å². The van der Waals surface area contributed by atoms with Gasteiger partial charge in [0.2, 0.25) is 0 Å². The van der Waals surface area contributed by atoms with E-state index in [0.29, 0.717) is 32.5 Å². The van der Waals surface area contributed by atoms with Gasteiger partial charge in [0.1, 0.15) is 5.54 Å². The van der Waals surface area contributed by atoms with Crippen LogP contribution < -0.4 is 0 Å². The van der Waals surface area contributed by atoms with Crippen LogP contribution in [0.5, 0.6) is 0 Å². The van der Waals surface area contributed by atoms with Crippen molar-refractivity contribution in [1.82, 2.24) is 24.6 Å². The molecule has 2 aliphatic rings. The van der Waals surface area contributed by atoms with Crippen molar-refractivity contribution in [2.45, 2.75) is 31.8 Å². The van der Waals surface area contributed by atoms with E-state index in [9.17, 15) is 9.59 Å². The lowest BCUT2D eigenvalue weighted by Gasteiger charge is -2.42. The molecule has 0 unspecified atom stereocenters. The number of nitrogens with zero attached hydrogens (tertiary/aromatic N) is 5. The minimum Gasteiger partial charge on any atom is -0.310 e. The van der Waals surface area contributed by atoms with Gasteiger partial charge in [0.25, 0.3) is 5.91 Å². The first-order valence-electron chi connectivity index (χ1n) is 9.37. The standard InChI is InChI=1S/C19H29N5O2/c1-4-24-18(26)23(14-13-21(2)3)17(25)19(24)7-11-22(12-8-19)15-16-5-9-20-10-6-16/h5-6,9-10H,4,7-8,11-15H2,1-3H3. The molecule has 0 saturated carbocycles. The Kier molecular flexibility index (Phi) is 5.58. The molecule has 1 aromatic rings. The second-order valence-electron chi connectivity index (χ2n) is 7.45. The van der Waals surface area contributed by atoms with Gasteiger partial charge in [-0.2, -0.15) is 0 Å². The molecule has 7 heteroatoms. The number of carbonyl (C=O) groups is 2. The van der Waals surface area contributed by atoms with Crippen LogP contribution in [-0.4, -0.2) is 88.9 Å². The van der Waals surface area contributed by atoms with Crippen molar-refractivity contribution < 1.29 is 9.59 Å². The molecule has 142 valence electrons. The van der Waals surface area contributed by atoms with Crippen LogP contribution >= 0.6 is 0 Å². The maximum absolute atomic E-state index is 13.2. The van der Waals surface area contributed by atoms with Gasteiger partial charge in [-0.25, -0.2) is 4.79 Å². The summed E-state index contributed by atoms with van der Waals surface area (Å²) in [5.41, 5.74) is 0.581. The average Bonchev–Trinajstić information content (AvgIpc) is 2.83. The number of carbonyl (C=O) groups excluding carboxylic acids is 2. The molecule has 0 bridgehead atoms. The zero-order chi connectivity index (χ0) is 18.7. The third-order valence-electron chi connectivity index (χ3n) is 5.55. The average molecular weight is 359 g/mol. The first-order valence-corrected chi connectivity index (χ1v) is 9.37. The Labute approximate surface area is 155 Å². The van der Waals surface area contributed by atoms with Crippen LogP contribution in [0.2, 0.25) is 0 Å². The minimum atomic E-state index is -0.646. The topological polar surface area (TPSA) is 60.0 Å². The molecule has 26 heavy (non-hydrogen) atoms. The van der Waals surface area contributed by atoms with Crippen molar-refractivity contribution in [2.24, 2.45) is 0 Å². The number of likely N-dealkylation sites (tertiary alicyclic amines) is 1. The second-order valence-corrected chi connectivity index (χ2v) is 7.45. The highest BCUT2D eigenvalue weighted by atomic mass is 16.2. The lowest BCUT2D eigenvalue weighted by Crippen LogP contribution is -2.56. The van der Waals surface area contributed by atoms with Gasteiger partial charge in [-0.1, -0.05) is 0 Å². The van der Waals surface area contributed by atoms with E-state index in [-0.39, 0.29) is 11.9 Å². The van der Waals surface area contributed by atoms with E-state index in [4.69, 9.17) is 0 Å². The van der Waals surface area contributed by atoms with Crippen LogP contribution in [0.25, 0.3) is 0 Å². The summed E-state index contributed by atoms with van der Waals surface area (Å²) in [6.07, 6.45) is 5.02. The second kappa shape index (κ2) is 7.72. The molecule has 0 radical (unpaired) electrons. The number of hydrogen-bond acceptors (Lipinski definition) is 5. The zero-order valence-electron chi connectivity index (χ0n) is 16.0. The Morgan fingerprint density at radius 2 is 1.81 bits per heavy atom. The number of pyridine rings is 1. The smallest absolute Gasteiger partial charge is 0.310 e. The summed E-state index contributed by atoms with van der Waals surface area (Å²) in [6, 6.07) is 3.92. The van der Waals surface area contributed by atoms with Gasteiger partial charge in [-0.05, 0) is 51.6 Å². The van der Waals surface area contributed by atoms with E-state index in [1.54, 1.807) is 17.3 Å². The lowest BCUT2D eigenvalue weighted by atomic mass is 9.85. The van der Waals surface area contributed by atoms with Crippen molar-refractivity contribution in [3.05, 3.63) is 30.1 Å². The summed E-state index contributed by atoms with van der Waals surface area (Å²) >= 11 is 0. The summed E-state index contributed by atoms with van der Waals surface area (Å²) in [7, 11) is 3.91. The lowest BCUT2D eigenvalue weighted by molar-refractivity contribution is -0.135. The molecular formula is C19H29N5O2. The van der Waals surface area contributed by atoms with Crippen LogP contribution in [0.1, 0.15) is 25.3 Å². The Morgan fingerprint density at radius 3 is 2.38 bits per heavy atom. The fourth-order valence-electron chi connectivity index (χ4n) is 4.03. The van der Waals surface area contributed by atoms with Crippen molar-refractivity contribution in [3.63, 3.8) is 0 Å². The first-order chi connectivity index (χ1) is 12.5. The highest BCUT2D eigenvalue weighted by Gasteiger charge is 2.57. The number of amides is 3. The van der Waals surface area contributed by atoms with Gasteiger partial charge >= 0.3 is 6.03 Å². The molecule has 3 heterocycles. The Morgan fingerprint density at radius 1 is 1.15 bits per heavy atom. The van der Waals surface area contributed by atoms with E-state index in [1.165, 1.54) is 10.5 Å². The first kappa shape index (κ1) is 18.8. The summed E-state index contributed by atoms with van der Waals surface area (Å²) in [5.74, 6) is -0.00485. The molecule has 1 aromatic heterocycles. The molecule has 7 nitrogen and oxygen atoms in total. The molecule has 1 spiro atoms. The SMILES string of the molecule is CCN1C(=O)N(CCN(C)C)C(=O)C12CCN(Cc1ccncc1)CC2. The maximum Gasteiger partial charge on any atom is 0.327 e. The van der Waals surface area contributed by atoms with Gasteiger partial charge < -0.3 is 9.80 Å². The van der Waals surface area contributed by atoms with E-state index in [1.807, 2.05) is 38.1 Å². The molecule has 0 aliphatic carbocycles. The maximum atomic E-state index is 13.2. The van der Waals surface area contributed by atoms with E-state index < -0.39 is 5.54 Å². The van der Waals surface area contributed by atoms with Crippen LogP contribution in [0, 0.1) is 0 Å². The Balaban J connectivity index is 1.69. The molecular weight excluding hydrogens is 330 g/mol. The van der Waals surface area contributed by atoms with E-state index in [2.05, 4.69) is 9.88 Å². The van der Waals surface area contributed by atoms with Crippen molar-refractivity contribution in [2.75, 3.05) is 46.8 Å². The molecule has 3 rings (SSSR count). The van der Waals surface area contributed by atoms with Crippen molar-refractivity contribution in [3.8, 4) is 0 Å². The molecule has 3 amide bonds. The Bertz CT molecular complexity index is 641. The van der Waals surface area contributed by atoms with Crippen LogP contribution in [0.3, 0.4) is 0 Å². The summed E-state index contributed by atoms with van der Waals surface area (Å²) < 4.78 is 0. The summed E-state index contributed by atoms with van der Waals surface area (Å²) in [5, 5.41) is 0. The molecule has 2 saturated heterocycles. The predicted octanol–water partition coefficient (Wildman–Crippen LogP) is 1.26. The number of piperidine rings is 1. The fourth-order valence-corrected chi connectivity index (χ4v) is 4.03. The quantitative estimate of drug-likeness (QED) is 0.716. The molecule has 2 fully saturated rings. The van der Waals surface area contributed by atoms with Crippen molar-refractivity contribution >= 4 is 11.9 Å². The summed E-state index contributed by atoms with van der Waals surface area (Å²) in [6.45, 7) is 6.19. The number of aromatic nitrogens is 1. The Hall–Kier alpha value is -1.99. The monoisotopic (exact) mass is 359 g/mol. The number of hydrogen-bond donors (Lipinski definition) is 0. The number of imide groups is 1. The van der Waals surface area contributed by atoms with Gasteiger partial charge in [-0.15, -0.1) is 0 Å². The number of urea groups is 1. The largest absolute Gasteiger partial charge is 0.327 e. The van der Waals surface area contributed by atoms with Gasteiger partial charge in [0.15, 0.2) is 0 Å². The van der Waals surface area contributed by atoms with Gasteiger partial charge in [0, 0.05) is 51.7 Å². The molecule has 0 N–H and O–H groups in total. The third-order valence-corrected chi connectivity index (χ3v) is 5.55. The molecule has 0 atom stereocenters.